The SMILES string of the molecule is NC(=O)/C=C/c1c[nH]c2ncc(-c3cc(C(F)(F)F)cc(C(F)(F)F)c3)cc12. The predicted molar refractivity (Wildman–Crippen MR) is 89.8 cm³/mol. The van der Waals surface area contributed by atoms with E-state index >= 15 is 0 Å². The number of carbonyl (C=O) groups is 1. The molecule has 28 heavy (non-hydrogen) atoms. The van der Waals surface area contributed by atoms with Crippen LogP contribution in [0.5, 0.6) is 0 Å². The molecule has 3 N–H and O–H groups in total. The minimum absolute atomic E-state index is 0.0532. The van der Waals surface area contributed by atoms with Gasteiger partial charge in [0.15, 0.2) is 0 Å². The minimum Gasteiger partial charge on any atom is -0.366 e. The number of nitrogens with one attached hydrogen (secondary N) is 1. The Kier molecular flexibility index (Phi) is 4.66. The van der Waals surface area contributed by atoms with Crippen molar-refractivity contribution >= 4 is 23.0 Å². The average Bonchev–Trinajstić information content (AvgIpc) is 3.00. The molecule has 0 saturated carbocycles. The summed E-state index contributed by atoms with van der Waals surface area (Å²) in [5, 5.41) is 0.404. The molecule has 0 unspecified atom stereocenters. The fourth-order valence-electron chi connectivity index (χ4n) is 2.61. The first-order valence-electron chi connectivity index (χ1n) is 7.69. The van der Waals surface area contributed by atoms with E-state index in [1.165, 1.54) is 18.3 Å². The molecule has 1 aromatic carbocycles. The topological polar surface area (TPSA) is 71.8 Å². The van der Waals surface area contributed by atoms with E-state index in [0.29, 0.717) is 28.7 Å². The number of fused-ring (bicyclic) bond motifs is 1. The van der Waals surface area contributed by atoms with Crippen molar-refractivity contribution in [3.05, 3.63) is 59.4 Å². The molecule has 0 radical (unpaired) electrons. The Morgan fingerprint density at radius 2 is 1.57 bits per heavy atom. The molecule has 0 saturated heterocycles. The Labute approximate surface area is 153 Å². The number of primary amides is 1. The van der Waals surface area contributed by atoms with Crippen molar-refractivity contribution in [3.63, 3.8) is 0 Å². The van der Waals surface area contributed by atoms with Crippen LogP contribution in [0.1, 0.15) is 16.7 Å². The Balaban J connectivity index is 2.18. The van der Waals surface area contributed by atoms with Gasteiger partial charge >= 0.3 is 12.4 Å². The Morgan fingerprint density at radius 3 is 2.11 bits per heavy atom. The third kappa shape index (κ3) is 4.00. The lowest BCUT2D eigenvalue weighted by Crippen LogP contribution is -2.11. The van der Waals surface area contributed by atoms with Crippen LogP contribution in [-0.2, 0) is 17.1 Å². The fraction of sp³-hybridized carbons (Fsp3) is 0.111. The molecule has 0 aliphatic heterocycles. The van der Waals surface area contributed by atoms with Crippen LogP contribution in [-0.4, -0.2) is 15.9 Å². The molecule has 0 aliphatic carbocycles. The number of carbonyl (C=O) groups excluding carboxylic acids is 1. The van der Waals surface area contributed by atoms with Crippen molar-refractivity contribution in [3.8, 4) is 11.1 Å². The maximum absolute atomic E-state index is 13.1. The summed E-state index contributed by atoms with van der Waals surface area (Å²) < 4.78 is 78.3. The number of nitrogens with two attached hydrogens (primary N) is 1. The number of alkyl halides is 6. The Morgan fingerprint density at radius 1 is 0.964 bits per heavy atom. The van der Waals surface area contributed by atoms with E-state index in [0.717, 1.165) is 12.3 Å². The maximum atomic E-state index is 13.1. The highest BCUT2D eigenvalue weighted by Crippen LogP contribution is 2.39. The number of halogens is 6. The van der Waals surface area contributed by atoms with Crippen LogP contribution in [0.25, 0.3) is 28.2 Å². The van der Waals surface area contributed by atoms with E-state index in [-0.39, 0.29) is 17.2 Å². The second-order valence-corrected chi connectivity index (χ2v) is 5.89. The zero-order chi connectivity index (χ0) is 20.7. The Bertz CT molecular complexity index is 1050. The number of amides is 1. The summed E-state index contributed by atoms with van der Waals surface area (Å²) in [5.41, 5.74) is 2.75. The summed E-state index contributed by atoms with van der Waals surface area (Å²) in [6, 6.07) is 2.70. The Hall–Kier alpha value is -3.30. The molecule has 2 heterocycles. The molecule has 0 bridgehead atoms. The maximum Gasteiger partial charge on any atom is 0.416 e. The number of H-pyrrole nitrogens is 1. The number of aromatic amines is 1. The van der Waals surface area contributed by atoms with Gasteiger partial charge in [0.2, 0.25) is 5.91 Å². The summed E-state index contributed by atoms with van der Waals surface area (Å²) in [4.78, 5) is 17.7. The molecule has 4 nitrogen and oxygen atoms in total. The summed E-state index contributed by atoms with van der Waals surface area (Å²) in [6.45, 7) is 0. The van der Waals surface area contributed by atoms with Gasteiger partial charge < -0.3 is 10.7 Å². The quantitative estimate of drug-likeness (QED) is 0.492. The van der Waals surface area contributed by atoms with Crippen molar-refractivity contribution in [1.82, 2.24) is 9.97 Å². The highest BCUT2D eigenvalue weighted by molar-refractivity contribution is 5.95. The molecule has 0 atom stereocenters. The summed E-state index contributed by atoms with van der Waals surface area (Å²) in [7, 11) is 0. The van der Waals surface area contributed by atoms with Gasteiger partial charge in [-0.05, 0) is 35.9 Å². The first kappa shape index (κ1) is 19.5. The van der Waals surface area contributed by atoms with Gasteiger partial charge in [-0.2, -0.15) is 26.3 Å². The third-order valence-electron chi connectivity index (χ3n) is 3.91. The molecule has 146 valence electrons. The van der Waals surface area contributed by atoms with Crippen LogP contribution >= 0.6 is 0 Å². The predicted octanol–water partition coefficient (Wildman–Crippen LogP) is 4.77. The fourth-order valence-corrected chi connectivity index (χ4v) is 2.61. The second kappa shape index (κ2) is 6.70. The van der Waals surface area contributed by atoms with E-state index in [9.17, 15) is 31.1 Å². The second-order valence-electron chi connectivity index (χ2n) is 5.89. The molecular formula is C18H11F6N3O. The van der Waals surface area contributed by atoms with Crippen molar-refractivity contribution in [1.29, 1.82) is 0 Å². The number of nitrogens with zero attached hydrogens (tertiary/aromatic N) is 1. The van der Waals surface area contributed by atoms with Crippen LogP contribution in [0.15, 0.2) is 42.7 Å². The van der Waals surface area contributed by atoms with Crippen LogP contribution in [0, 0.1) is 0 Å². The highest BCUT2D eigenvalue weighted by Gasteiger charge is 2.37. The molecule has 1 amide bonds. The van der Waals surface area contributed by atoms with E-state index in [2.05, 4.69) is 9.97 Å². The first-order chi connectivity index (χ1) is 12.9. The number of benzene rings is 1. The normalized spacial score (nSPS) is 12.8. The molecule has 2 aromatic heterocycles. The lowest BCUT2D eigenvalue weighted by molar-refractivity contribution is -0.143. The van der Waals surface area contributed by atoms with E-state index in [4.69, 9.17) is 5.73 Å². The summed E-state index contributed by atoms with van der Waals surface area (Å²) >= 11 is 0. The van der Waals surface area contributed by atoms with Crippen molar-refractivity contribution in [2.45, 2.75) is 12.4 Å². The van der Waals surface area contributed by atoms with Gasteiger partial charge in [0.25, 0.3) is 0 Å². The van der Waals surface area contributed by atoms with Crippen LogP contribution < -0.4 is 5.73 Å². The largest absolute Gasteiger partial charge is 0.416 e. The van der Waals surface area contributed by atoms with Gasteiger partial charge in [-0.1, -0.05) is 0 Å². The van der Waals surface area contributed by atoms with Crippen molar-refractivity contribution in [2.24, 2.45) is 5.73 Å². The smallest absolute Gasteiger partial charge is 0.366 e. The number of aromatic nitrogens is 2. The molecule has 0 spiro atoms. The molecule has 0 aliphatic rings. The van der Waals surface area contributed by atoms with Crippen LogP contribution in [0.2, 0.25) is 0 Å². The molecule has 0 fully saturated rings. The molecule has 3 aromatic rings. The highest BCUT2D eigenvalue weighted by atomic mass is 19.4. The molecule has 3 rings (SSSR count). The van der Waals surface area contributed by atoms with Gasteiger partial charge in [0.05, 0.1) is 11.1 Å². The van der Waals surface area contributed by atoms with E-state index in [1.807, 2.05) is 0 Å². The lowest BCUT2D eigenvalue weighted by atomic mass is 9.99. The van der Waals surface area contributed by atoms with Crippen LogP contribution in [0.4, 0.5) is 26.3 Å². The van der Waals surface area contributed by atoms with Gasteiger partial charge in [0.1, 0.15) is 5.65 Å². The molecule has 10 heteroatoms. The van der Waals surface area contributed by atoms with Crippen molar-refractivity contribution in [2.75, 3.05) is 0 Å². The standard InChI is InChI=1S/C18H11F6N3O/c19-17(20,21)12-3-10(4-13(6-12)18(22,23)24)11-5-14-9(1-2-15(25)28)7-26-16(14)27-8-11/h1-8H,(H2,25,28)(H,26,27)/b2-1+. The minimum atomic E-state index is -4.95. The average molecular weight is 399 g/mol. The molecular weight excluding hydrogens is 388 g/mol. The van der Waals surface area contributed by atoms with Crippen molar-refractivity contribution < 1.29 is 31.1 Å². The van der Waals surface area contributed by atoms with E-state index in [1.54, 1.807) is 0 Å². The third-order valence-corrected chi connectivity index (χ3v) is 3.91. The van der Waals surface area contributed by atoms with E-state index < -0.39 is 29.4 Å². The number of hydrogen-bond acceptors (Lipinski definition) is 2. The van der Waals surface area contributed by atoms with Gasteiger partial charge in [0, 0.05) is 35.0 Å². The van der Waals surface area contributed by atoms with Gasteiger partial charge in [-0.3, -0.25) is 4.79 Å². The number of rotatable bonds is 3. The monoisotopic (exact) mass is 399 g/mol. The summed E-state index contributed by atoms with van der Waals surface area (Å²) in [5.74, 6) is -0.717. The first-order valence-corrected chi connectivity index (χ1v) is 7.69. The zero-order valence-electron chi connectivity index (χ0n) is 13.8. The van der Waals surface area contributed by atoms with Gasteiger partial charge in [-0.25, -0.2) is 4.98 Å². The number of pyridine rings is 1. The van der Waals surface area contributed by atoms with Crippen LogP contribution in [0.3, 0.4) is 0 Å². The zero-order valence-corrected chi connectivity index (χ0v) is 13.8. The number of hydrogen-bond donors (Lipinski definition) is 2. The lowest BCUT2D eigenvalue weighted by Gasteiger charge is -2.14. The summed E-state index contributed by atoms with van der Waals surface area (Å²) in [6.07, 6.45) is -4.82. The van der Waals surface area contributed by atoms with Gasteiger partial charge in [-0.15, -0.1) is 0 Å².